The molecule has 1 N–H and O–H groups in total. The van der Waals surface area contributed by atoms with Crippen molar-refractivity contribution in [1.82, 2.24) is 15.4 Å². The van der Waals surface area contributed by atoms with Gasteiger partial charge in [-0.3, -0.25) is 9.69 Å². The van der Waals surface area contributed by atoms with E-state index in [1.54, 1.807) is 18.4 Å². The Morgan fingerprint density at radius 3 is 2.96 bits per heavy atom. The number of ether oxygens (including phenoxy) is 1. The van der Waals surface area contributed by atoms with Crippen LogP contribution in [0.25, 0.3) is 0 Å². The number of carbonyl (C=O) groups excluding carboxylic acids is 1. The lowest BCUT2D eigenvalue weighted by Crippen LogP contribution is -2.38. The highest BCUT2D eigenvalue weighted by molar-refractivity contribution is 7.10. The average Bonchev–Trinajstić information content (AvgIpc) is 3.19. The fourth-order valence-corrected chi connectivity index (χ4v) is 4.50. The summed E-state index contributed by atoms with van der Waals surface area (Å²) in [6.45, 7) is 9.18. The maximum Gasteiger partial charge on any atom is 0.252 e. The number of nitrogens with one attached hydrogen (secondary N) is 1. The Labute approximate surface area is 158 Å². The molecule has 0 aliphatic carbocycles. The third-order valence-corrected chi connectivity index (χ3v) is 6.04. The summed E-state index contributed by atoms with van der Waals surface area (Å²) < 4.78 is 10.4. The highest BCUT2D eigenvalue weighted by atomic mass is 32.1. The van der Waals surface area contributed by atoms with Crippen LogP contribution in [0.15, 0.2) is 9.90 Å². The highest BCUT2D eigenvalue weighted by Gasteiger charge is 2.25. The predicted octanol–water partition coefficient (Wildman–Crippen LogP) is 3.07. The number of rotatable bonds is 7. The molecule has 1 atom stereocenters. The molecule has 0 fully saturated rings. The van der Waals surface area contributed by atoms with Crippen molar-refractivity contribution in [2.24, 2.45) is 0 Å². The minimum atomic E-state index is 0.0190. The largest absolute Gasteiger partial charge is 0.383 e. The van der Waals surface area contributed by atoms with Gasteiger partial charge in [0.1, 0.15) is 5.76 Å². The van der Waals surface area contributed by atoms with Crippen molar-refractivity contribution in [3.05, 3.63) is 38.4 Å². The number of fused-ring (bicyclic) bond motifs is 1. The average molecular weight is 378 g/mol. The van der Waals surface area contributed by atoms with Crippen molar-refractivity contribution in [2.75, 3.05) is 20.3 Å². The molecule has 142 valence electrons. The van der Waals surface area contributed by atoms with E-state index in [0.29, 0.717) is 6.61 Å². The quantitative estimate of drug-likeness (QED) is 0.803. The van der Waals surface area contributed by atoms with Crippen LogP contribution in [0.4, 0.5) is 0 Å². The van der Waals surface area contributed by atoms with Gasteiger partial charge in [-0.2, -0.15) is 0 Å². The van der Waals surface area contributed by atoms with Gasteiger partial charge < -0.3 is 14.6 Å². The number of hydrogen-bond acceptors (Lipinski definition) is 6. The molecule has 26 heavy (non-hydrogen) atoms. The summed E-state index contributed by atoms with van der Waals surface area (Å²) in [6.07, 6.45) is 1.75. The van der Waals surface area contributed by atoms with Crippen LogP contribution in [-0.2, 0) is 24.2 Å². The molecular weight excluding hydrogens is 350 g/mol. The summed E-state index contributed by atoms with van der Waals surface area (Å²) in [7, 11) is 1.66. The first-order chi connectivity index (χ1) is 12.5. The minimum Gasteiger partial charge on any atom is -0.383 e. The summed E-state index contributed by atoms with van der Waals surface area (Å²) in [5.74, 6) is 0.911. The minimum absolute atomic E-state index is 0.0190. The van der Waals surface area contributed by atoms with Gasteiger partial charge in [0.25, 0.3) is 5.91 Å². The fraction of sp³-hybridized carbons (Fsp3) is 0.579. The van der Waals surface area contributed by atoms with E-state index < -0.39 is 0 Å². The topological polar surface area (TPSA) is 67.6 Å². The molecule has 0 spiro atoms. The first-order valence-corrected chi connectivity index (χ1v) is 9.94. The van der Waals surface area contributed by atoms with Gasteiger partial charge in [-0.15, -0.1) is 11.3 Å². The lowest BCUT2D eigenvalue weighted by molar-refractivity contribution is 0.0893. The van der Waals surface area contributed by atoms with Crippen LogP contribution in [0.2, 0.25) is 0 Å². The second kappa shape index (κ2) is 8.33. The third kappa shape index (κ3) is 4.00. The molecule has 2 aromatic heterocycles. The van der Waals surface area contributed by atoms with Crippen LogP contribution in [0, 0.1) is 13.8 Å². The predicted molar refractivity (Wildman–Crippen MR) is 102 cm³/mol. The number of carbonyl (C=O) groups is 1. The number of methoxy groups -OCH3 is 1. The van der Waals surface area contributed by atoms with E-state index in [2.05, 4.69) is 22.3 Å². The van der Waals surface area contributed by atoms with Crippen molar-refractivity contribution in [3.8, 4) is 0 Å². The summed E-state index contributed by atoms with van der Waals surface area (Å²) in [5, 5.41) is 9.13. The Morgan fingerprint density at radius 2 is 2.31 bits per heavy atom. The molecule has 1 aliphatic rings. The number of aromatic nitrogens is 1. The van der Waals surface area contributed by atoms with E-state index >= 15 is 0 Å². The van der Waals surface area contributed by atoms with Gasteiger partial charge in [0.2, 0.25) is 0 Å². The zero-order valence-corrected chi connectivity index (χ0v) is 16.7. The Balaban J connectivity index is 1.67. The van der Waals surface area contributed by atoms with Crippen LogP contribution in [0.1, 0.15) is 51.2 Å². The van der Waals surface area contributed by atoms with Crippen molar-refractivity contribution in [1.29, 1.82) is 0 Å². The number of aryl methyl sites for hydroxylation is 2. The molecule has 0 saturated carbocycles. The first-order valence-electron chi connectivity index (χ1n) is 9.06. The Morgan fingerprint density at radius 1 is 1.50 bits per heavy atom. The van der Waals surface area contributed by atoms with E-state index in [-0.39, 0.29) is 11.9 Å². The van der Waals surface area contributed by atoms with Crippen LogP contribution in [-0.4, -0.2) is 42.3 Å². The molecule has 0 saturated heterocycles. The van der Waals surface area contributed by atoms with Gasteiger partial charge in [0.05, 0.1) is 23.9 Å². The summed E-state index contributed by atoms with van der Waals surface area (Å²) in [5.41, 5.74) is 4.17. The standard InChI is InChI=1S/C19H27N3O3S/c1-5-14(10-24-4)20-19(23)17-11-26-18-9-22(7-6-15(17)18)8-16-12(2)21-25-13(16)3/h11,14H,5-10H2,1-4H3,(H,20,23)/t14-/m0/s1. The molecule has 0 bridgehead atoms. The maximum absolute atomic E-state index is 12.7. The van der Waals surface area contributed by atoms with Gasteiger partial charge >= 0.3 is 0 Å². The molecule has 7 heteroatoms. The van der Waals surface area contributed by atoms with E-state index in [4.69, 9.17) is 9.26 Å². The second-order valence-electron chi connectivity index (χ2n) is 6.85. The van der Waals surface area contributed by atoms with Crippen LogP contribution < -0.4 is 5.32 Å². The molecule has 3 rings (SSSR count). The Kier molecular flexibility index (Phi) is 6.11. The third-order valence-electron chi connectivity index (χ3n) is 5.03. The number of amides is 1. The smallest absolute Gasteiger partial charge is 0.252 e. The SMILES string of the molecule is CC[C@@H](COC)NC(=O)c1csc2c1CCN(Cc1c(C)noc1C)C2. The number of nitrogens with zero attached hydrogens (tertiary/aromatic N) is 2. The van der Waals surface area contributed by atoms with Crippen molar-refractivity contribution in [3.63, 3.8) is 0 Å². The van der Waals surface area contributed by atoms with E-state index in [1.165, 1.54) is 16.0 Å². The zero-order chi connectivity index (χ0) is 18.7. The normalized spacial score (nSPS) is 15.7. The lowest BCUT2D eigenvalue weighted by Gasteiger charge is -2.27. The van der Waals surface area contributed by atoms with Gasteiger partial charge in [0.15, 0.2) is 0 Å². The first kappa shape index (κ1) is 19.1. The molecule has 3 heterocycles. The van der Waals surface area contributed by atoms with E-state index in [0.717, 1.165) is 49.5 Å². The summed E-state index contributed by atoms with van der Waals surface area (Å²) >= 11 is 1.68. The molecule has 0 aromatic carbocycles. The Hall–Kier alpha value is -1.70. The Bertz CT molecular complexity index is 749. The second-order valence-corrected chi connectivity index (χ2v) is 7.81. The monoisotopic (exact) mass is 377 g/mol. The van der Waals surface area contributed by atoms with Gasteiger partial charge in [-0.25, -0.2) is 0 Å². The summed E-state index contributed by atoms with van der Waals surface area (Å²) in [4.78, 5) is 16.3. The molecule has 6 nitrogen and oxygen atoms in total. The molecule has 0 radical (unpaired) electrons. The number of thiophene rings is 1. The van der Waals surface area contributed by atoms with Crippen molar-refractivity contribution < 1.29 is 14.1 Å². The zero-order valence-electron chi connectivity index (χ0n) is 15.9. The van der Waals surface area contributed by atoms with E-state index in [1.807, 2.05) is 19.2 Å². The van der Waals surface area contributed by atoms with Crippen molar-refractivity contribution in [2.45, 2.75) is 52.7 Å². The van der Waals surface area contributed by atoms with Crippen LogP contribution in [0.3, 0.4) is 0 Å². The van der Waals surface area contributed by atoms with Gasteiger partial charge in [0, 0.05) is 42.6 Å². The van der Waals surface area contributed by atoms with Gasteiger partial charge in [-0.1, -0.05) is 12.1 Å². The summed E-state index contributed by atoms with van der Waals surface area (Å²) in [6, 6.07) is 0.0580. The van der Waals surface area contributed by atoms with Crippen molar-refractivity contribution >= 4 is 17.2 Å². The van der Waals surface area contributed by atoms with E-state index in [9.17, 15) is 4.79 Å². The molecule has 2 aromatic rings. The number of hydrogen-bond donors (Lipinski definition) is 1. The van der Waals surface area contributed by atoms with Crippen LogP contribution in [0.5, 0.6) is 0 Å². The fourth-order valence-electron chi connectivity index (χ4n) is 3.38. The molecule has 1 aliphatic heterocycles. The van der Waals surface area contributed by atoms with Gasteiger partial charge in [-0.05, 0) is 32.3 Å². The van der Waals surface area contributed by atoms with Crippen LogP contribution >= 0.6 is 11.3 Å². The molecule has 0 unspecified atom stereocenters. The maximum atomic E-state index is 12.7. The lowest BCUT2D eigenvalue weighted by atomic mass is 10.0. The molecule has 1 amide bonds. The molecular formula is C19H27N3O3S. The highest BCUT2D eigenvalue weighted by Crippen LogP contribution is 2.30.